The van der Waals surface area contributed by atoms with Crippen molar-refractivity contribution in [1.29, 1.82) is 0 Å². The second-order valence-corrected chi connectivity index (χ2v) is 3.26. The lowest BCUT2D eigenvalue weighted by atomic mass is 10.1. The van der Waals surface area contributed by atoms with Gasteiger partial charge in [0, 0.05) is 11.6 Å². The Bertz CT molecular complexity index is 517. The fourth-order valence-corrected chi connectivity index (χ4v) is 1.74. The zero-order chi connectivity index (χ0) is 11.4. The minimum absolute atomic E-state index is 0.570. The maximum absolute atomic E-state index is 5.59. The quantitative estimate of drug-likeness (QED) is 0.649. The molecule has 0 saturated carbocycles. The van der Waals surface area contributed by atoms with Crippen LogP contribution in [0, 0.1) is 0 Å². The van der Waals surface area contributed by atoms with Crippen LogP contribution in [0.3, 0.4) is 0 Å². The van der Waals surface area contributed by atoms with Crippen LogP contribution in [-0.4, -0.2) is 12.8 Å². The minimum atomic E-state index is 0.570. The van der Waals surface area contributed by atoms with Gasteiger partial charge in [0.15, 0.2) is 5.75 Å². The molecule has 3 rings (SSSR count). The first kappa shape index (κ1) is 10.7. The highest BCUT2D eigenvalue weighted by Crippen LogP contribution is 2.36. The highest BCUT2D eigenvalue weighted by molar-refractivity contribution is 5.94. The number of aliphatic imine (C=N–C) groups is 1. The minimum Gasteiger partial charge on any atom is -0.485 e. The summed E-state index contributed by atoms with van der Waals surface area (Å²) >= 11 is 0. The van der Waals surface area contributed by atoms with E-state index in [4.69, 9.17) is 4.74 Å². The highest BCUT2D eigenvalue weighted by Gasteiger charge is 2.09. The zero-order valence-electron chi connectivity index (χ0n) is 9.60. The van der Waals surface area contributed by atoms with E-state index in [2.05, 4.69) is 23.2 Å². The largest absolute Gasteiger partial charge is 0.485 e. The maximum Gasteiger partial charge on any atom is 0.153 e. The average molecular weight is 213 g/mol. The molecule has 2 nitrogen and oxygen atoms in total. The monoisotopic (exact) mass is 213 g/mol. The predicted octanol–water partition coefficient (Wildman–Crippen LogP) is 3.96. The number of nitrogens with zero attached hydrogens (tertiary/aromatic N) is 1. The third-order valence-corrected chi connectivity index (χ3v) is 2.39. The van der Waals surface area contributed by atoms with Gasteiger partial charge < -0.3 is 4.74 Å². The molecule has 0 amide bonds. The Balaban J connectivity index is 0.000000457. The second-order valence-electron chi connectivity index (χ2n) is 3.26. The summed E-state index contributed by atoms with van der Waals surface area (Å²) < 4.78 is 5.59. The van der Waals surface area contributed by atoms with E-state index in [-0.39, 0.29) is 0 Å². The molecule has 0 atom stereocenters. The van der Waals surface area contributed by atoms with Crippen molar-refractivity contribution in [3.8, 4) is 5.75 Å². The summed E-state index contributed by atoms with van der Waals surface area (Å²) in [6.45, 7) is 4.57. The Labute approximate surface area is 95.6 Å². The summed E-state index contributed by atoms with van der Waals surface area (Å²) in [6.07, 6.45) is 1.79. The van der Waals surface area contributed by atoms with Crippen LogP contribution in [0.2, 0.25) is 0 Å². The molecule has 2 heteroatoms. The van der Waals surface area contributed by atoms with E-state index < -0.39 is 0 Å². The number of hydrogen-bond acceptors (Lipinski definition) is 2. The van der Waals surface area contributed by atoms with Crippen molar-refractivity contribution in [2.24, 2.45) is 4.99 Å². The van der Waals surface area contributed by atoms with Gasteiger partial charge in [-0.05, 0) is 11.5 Å². The zero-order valence-corrected chi connectivity index (χ0v) is 9.60. The number of ether oxygens (including phenoxy) is 1. The topological polar surface area (TPSA) is 21.6 Å². The van der Waals surface area contributed by atoms with Crippen LogP contribution in [-0.2, 0) is 0 Å². The van der Waals surface area contributed by atoms with Crippen LogP contribution in [0.5, 0.6) is 5.75 Å². The summed E-state index contributed by atoms with van der Waals surface area (Å²) in [5.41, 5.74) is 0.926. The summed E-state index contributed by atoms with van der Waals surface area (Å²) in [5.74, 6) is 0.908. The van der Waals surface area contributed by atoms with Crippen LogP contribution in [0.4, 0.5) is 5.69 Å². The van der Waals surface area contributed by atoms with Gasteiger partial charge in [0.25, 0.3) is 0 Å². The lowest BCUT2D eigenvalue weighted by molar-refractivity contribution is 0.381. The molecule has 0 spiro atoms. The van der Waals surface area contributed by atoms with Gasteiger partial charge in [0.05, 0.1) is 0 Å². The first-order chi connectivity index (χ1) is 7.95. The summed E-state index contributed by atoms with van der Waals surface area (Å²) in [5, 5.41) is 2.34. The molecule has 16 heavy (non-hydrogen) atoms. The van der Waals surface area contributed by atoms with E-state index in [1.807, 2.05) is 32.0 Å². The molecule has 0 unspecified atom stereocenters. The molecule has 1 aliphatic rings. The van der Waals surface area contributed by atoms with Gasteiger partial charge >= 0.3 is 0 Å². The number of fused-ring (bicyclic) bond motifs is 3. The number of rotatable bonds is 0. The van der Waals surface area contributed by atoms with Crippen molar-refractivity contribution in [3.63, 3.8) is 0 Å². The molecule has 0 bridgehead atoms. The predicted molar refractivity (Wildman–Crippen MR) is 68.9 cm³/mol. The smallest absolute Gasteiger partial charge is 0.153 e. The van der Waals surface area contributed by atoms with Crippen LogP contribution in [0.25, 0.3) is 10.8 Å². The van der Waals surface area contributed by atoms with Crippen molar-refractivity contribution < 1.29 is 4.74 Å². The fraction of sp³-hybridized carbons (Fsp3) is 0.214. The Kier molecular flexibility index (Phi) is 3.20. The van der Waals surface area contributed by atoms with Crippen LogP contribution in [0.1, 0.15) is 13.8 Å². The summed E-state index contributed by atoms with van der Waals surface area (Å²) in [6, 6.07) is 12.3. The van der Waals surface area contributed by atoms with Crippen molar-refractivity contribution in [3.05, 3.63) is 36.4 Å². The van der Waals surface area contributed by atoms with E-state index >= 15 is 0 Å². The molecule has 0 saturated heterocycles. The van der Waals surface area contributed by atoms with Crippen molar-refractivity contribution in [2.75, 3.05) is 6.61 Å². The maximum atomic E-state index is 5.59. The summed E-state index contributed by atoms with van der Waals surface area (Å²) in [4.78, 5) is 4.29. The van der Waals surface area contributed by atoms with Gasteiger partial charge in [0.1, 0.15) is 12.3 Å². The summed E-state index contributed by atoms with van der Waals surface area (Å²) in [7, 11) is 0. The molecule has 1 aliphatic heterocycles. The molecule has 0 aromatic heterocycles. The van der Waals surface area contributed by atoms with Gasteiger partial charge in [-0.25, -0.2) is 0 Å². The molecule has 0 N–H and O–H groups in total. The molecule has 0 radical (unpaired) electrons. The van der Waals surface area contributed by atoms with E-state index in [0.717, 1.165) is 16.8 Å². The Morgan fingerprint density at radius 2 is 1.88 bits per heavy atom. The molecule has 0 aliphatic carbocycles. The van der Waals surface area contributed by atoms with E-state index in [1.165, 1.54) is 5.39 Å². The van der Waals surface area contributed by atoms with Crippen LogP contribution >= 0.6 is 0 Å². The van der Waals surface area contributed by atoms with Gasteiger partial charge in [-0.2, -0.15) is 0 Å². The molecule has 0 fully saturated rings. The van der Waals surface area contributed by atoms with E-state index in [9.17, 15) is 0 Å². The molecule has 1 heterocycles. The fourth-order valence-electron chi connectivity index (χ4n) is 1.74. The van der Waals surface area contributed by atoms with Crippen molar-refractivity contribution in [1.82, 2.24) is 0 Å². The normalized spacial score (nSPS) is 12.4. The van der Waals surface area contributed by atoms with Crippen molar-refractivity contribution >= 4 is 22.7 Å². The molecular formula is C14H15NO. The first-order valence-corrected chi connectivity index (χ1v) is 5.62. The van der Waals surface area contributed by atoms with Gasteiger partial charge in [-0.3, -0.25) is 4.99 Å². The first-order valence-electron chi connectivity index (χ1n) is 5.62. The third-order valence-electron chi connectivity index (χ3n) is 2.39. The van der Waals surface area contributed by atoms with Gasteiger partial charge in [-0.1, -0.05) is 44.2 Å². The lowest BCUT2D eigenvalue weighted by Gasteiger charge is -2.13. The Hall–Kier alpha value is -1.83. The van der Waals surface area contributed by atoms with Gasteiger partial charge in [0.2, 0.25) is 0 Å². The van der Waals surface area contributed by atoms with Crippen LogP contribution in [0.15, 0.2) is 41.4 Å². The van der Waals surface area contributed by atoms with E-state index in [0.29, 0.717) is 6.61 Å². The van der Waals surface area contributed by atoms with Gasteiger partial charge in [-0.15, -0.1) is 0 Å². The van der Waals surface area contributed by atoms with Crippen LogP contribution < -0.4 is 4.74 Å². The van der Waals surface area contributed by atoms with Crippen molar-refractivity contribution in [2.45, 2.75) is 13.8 Å². The molecule has 2 aromatic rings. The molecular weight excluding hydrogens is 198 g/mol. The Morgan fingerprint density at radius 1 is 1.06 bits per heavy atom. The standard InChI is InChI=1S/C12H9NO.C2H6/c1-2-4-10-9(3-1)5-6-11-12(10)14-8-7-13-11;1-2/h1-7H,8H2;1-2H3. The van der Waals surface area contributed by atoms with E-state index in [1.54, 1.807) is 6.21 Å². The highest BCUT2D eigenvalue weighted by atomic mass is 16.5. The lowest BCUT2D eigenvalue weighted by Crippen LogP contribution is -2.02. The second kappa shape index (κ2) is 4.79. The molecule has 2 aromatic carbocycles. The molecule has 82 valence electrons. The number of benzene rings is 2. The average Bonchev–Trinajstić information content (AvgIpc) is 2.41. The number of hydrogen-bond donors (Lipinski definition) is 0. The SMILES string of the molecule is C1=Nc2ccc3ccccc3c2OC1.CC. The third kappa shape index (κ3) is 1.78. The Morgan fingerprint density at radius 3 is 2.75 bits per heavy atom.